The molecule has 18 heavy (non-hydrogen) atoms. The zero-order chi connectivity index (χ0) is 13.1. The van der Waals surface area contributed by atoms with E-state index < -0.39 is 0 Å². The lowest BCUT2D eigenvalue weighted by molar-refractivity contribution is -0.119. The van der Waals surface area contributed by atoms with Gasteiger partial charge >= 0.3 is 0 Å². The molecule has 6 heteroatoms. The van der Waals surface area contributed by atoms with E-state index in [-0.39, 0.29) is 23.5 Å². The summed E-state index contributed by atoms with van der Waals surface area (Å²) < 4.78 is 0. The first kappa shape index (κ1) is 13.4. The number of hydrogen-bond acceptors (Lipinski definition) is 5. The van der Waals surface area contributed by atoms with Crippen molar-refractivity contribution < 1.29 is 4.79 Å². The summed E-state index contributed by atoms with van der Waals surface area (Å²) >= 11 is 1.65. The van der Waals surface area contributed by atoms with Crippen molar-refractivity contribution >= 4 is 17.7 Å². The predicted molar refractivity (Wildman–Crippen MR) is 72.7 cm³/mol. The molecule has 98 valence electrons. The topological polar surface area (TPSA) is 79.2 Å². The summed E-state index contributed by atoms with van der Waals surface area (Å²) in [6.45, 7) is 3.55. The molecule has 0 aliphatic carbocycles. The summed E-state index contributed by atoms with van der Waals surface area (Å²) in [6, 6.07) is 8.14. The van der Waals surface area contributed by atoms with Gasteiger partial charge in [0, 0.05) is 11.8 Å². The molecule has 1 amide bonds. The highest BCUT2D eigenvalue weighted by atomic mass is 32.2. The number of benzene rings is 1. The molecular formula is C12H18N4OS. The Morgan fingerprint density at radius 2 is 2.00 bits per heavy atom. The number of rotatable bonds is 3. The van der Waals surface area contributed by atoms with E-state index in [1.54, 1.807) is 11.8 Å². The molecule has 2 rings (SSSR count). The molecule has 1 saturated heterocycles. The van der Waals surface area contributed by atoms with Crippen molar-refractivity contribution in [1.29, 1.82) is 0 Å². The number of carbonyl (C=O) groups is 1. The summed E-state index contributed by atoms with van der Waals surface area (Å²) in [4.78, 5) is 12.3. The quantitative estimate of drug-likeness (QED) is 0.633. The number of hydrazine groups is 1. The molecule has 1 aliphatic heterocycles. The average Bonchev–Trinajstić information content (AvgIpc) is 2.64. The third kappa shape index (κ3) is 3.23. The standard InChI is InChI=1S/C12H18N4OS/c1-7-3-5-9(6-4-7)18-12-10(14-8(2)17)11(13)15-16-12/h3-6,10-12,15-16H,13H2,1-2H3,(H,14,17). The second-order valence-corrected chi connectivity index (χ2v) is 5.61. The smallest absolute Gasteiger partial charge is 0.217 e. The van der Waals surface area contributed by atoms with Crippen LogP contribution in [0.25, 0.3) is 0 Å². The number of carbonyl (C=O) groups excluding carboxylic acids is 1. The number of nitrogens with one attached hydrogen (secondary N) is 3. The van der Waals surface area contributed by atoms with E-state index in [2.05, 4.69) is 47.4 Å². The van der Waals surface area contributed by atoms with Crippen LogP contribution in [0.5, 0.6) is 0 Å². The number of hydrogen-bond donors (Lipinski definition) is 4. The van der Waals surface area contributed by atoms with Gasteiger partial charge in [-0.25, -0.2) is 10.9 Å². The molecule has 1 heterocycles. The molecule has 0 aromatic heterocycles. The molecule has 0 saturated carbocycles. The van der Waals surface area contributed by atoms with Crippen LogP contribution in [-0.4, -0.2) is 23.5 Å². The maximum Gasteiger partial charge on any atom is 0.217 e. The van der Waals surface area contributed by atoms with Gasteiger partial charge in [-0.2, -0.15) is 0 Å². The highest BCUT2D eigenvalue weighted by Gasteiger charge is 2.34. The van der Waals surface area contributed by atoms with Crippen LogP contribution in [0.3, 0.4) is 0 Å². The molecule has 1 aromatic carbocycles. The Labute approximate surface area is 111 Å². The first-order chi connectivity index (χ1) is 8.56. The second kappa shape index (κ2) is 5.71. The second-order valence-electron chi connectivity index (χ2n) is 4.39. The fraction of sp³-hybridized carbons (Fsp3) is 0.417. The number of aryl methyl sites for hydroxylation is 1. The van der Waals surface area contributed by atoms with Gasteiger partial charge in [-0.15, -0.1) is 11.8 Å². The summed E-state index contributed by atoms with van der Waals surface area (Å²) in [7, 11) is 0. The molecular weight excluding hydrogens is 248 g/mol. The minimum Gasteiger partial charge on any atom is -0.348 e. The molecule has 0 bridgehead atoms. The Bertz CT molecular complexity index is 423. The molecule has 5 N–H and O–H groups in total. The molecule has 1 aromatic rings. The van der Waals surface area contributed by atoms with Crippen LogP contribution in [0.1, 0.15) is 12.5 Å². The highest BCUT2D eigenvalue weighted by Crippen LogP contribution is 2.26. The Balaban J connectivity index is 2.03. The highest BCUT2D eigenvalue weighted by molar-refractivity contribution is 8.00. The number of thioether (sulfide) groups is 1. The third-order valence-corrected chi connectivity index (χ3v) is 3.97. The van der Waals surface area contributed by atoms with Crippen molar-refractivity contribution in [2.45, 2.75) is 36.3 Å². The van der Waals surface area contributed by atoms with Crippen LogP contribution < -0.4 is 21.9 Å². The van der Waals surface area contributed by atoms with Crippen molar-refractivity contribution in [3.63, 3.8) is 0 Å². The minimum atomic E-state index is -0.281. The van der Waals surface area contributed by atoms with Gasteiger partial charge in [-0.3, -0.25) is 4.79 Å². The van der Waals surface area contributed by atoms with E-state index >= 15 is 0 Å². The fourth-order valence-electron chi connectivity index (χ4n) is 1.81. The molecule has 1 fully saturated rings. The molecule has 5 nitrogen and oxygen atoms in total. The Kier molecular flexibility index (Phi) is 4.23. The van der Waals surface area contributed by atoms with E-state index in [9.17, 15) is 4.79 Å². The number of nitrogens with two attached hydrogens (primary N) is 1. The maximum absolute atomic E-state index is 11.2. The third-order valence-electron chi connectivity index (χ3n) is 2.76. The molecule has 0 spiro atoms. The maximum atomic E-state index is 11.2. The van der Waals surface area contributed by atoms with Crippen LogP contribution in [-0.2, 0) is 4.79 Å². The van der Waals surface area contributed by atoms with E-state index in [1.165, 1.54) is 12.5 Å². The van der Waals surface area contributed by atoms with Crippen molar-refractivity contribution in [3.05, 3.63) is 29.8 Å². The Morgan fingerprint density at radius 1 is 1.33 bits per heavy atom. The van der Waals surface area contributed by atoms with Crippen LogP contribution in [0, 0.1) is 6.92 Å². The van der Waals surface area contributed by atoms with Crippen molar-refractivity contribution in [3.8, 4) is 0 Å². The van der Waals surface area contributed by atoms with Gasteiger partial charge in [-0.1, -0.05) is 17.7 Å². The summed E-state index contributed by atoms with van der Waals surface area (Å²) in [5.74, 6) is -0.0737. The number of amides is 1. The Morgan fingerprint density at radius 3 is 2.61 bits per heavy atom. The van der Waals surface area contributed by atoms with Crippen LogP contribution in [0.4, 0.5) is 0 Å². The minimum absolute atomic E-state index is 0.0200. The lowest BCUT2D eigenvalue weighted by atomic mass is 10.2. The van der Waals surface area contributed by atoms with Gasteiger partial charge in [0.2, 0.25) is 5.91 Å². The summed E-state index contributed by atoms with van der Waals surface area (Å²) in [5, 5.41) is 2.88. The van der Waals surface area contributed by atoms with Gasteiger partial charge in [0.25, 0.3) is 0 Å². The summed E-state index contributed by atoms with van der Waals surface area (Å²) in [5.41, 5.74) is 13.2. The molecule has 3 unspecified atom stereocenters. The normalized spacial score (nSPS) is 27.2. The average molecular weight is 266 g/mol. The lowest BCUT2D eigenvalue weighted by Crippen LogP contribution is -2.50. The van der Waals surface area contributed by atoms with Crippen molar-refractivity contribution in [2.24, 2.45) is 5.73 Å². The predicted octanol–water partition coefficient (Wildman–Crippen LogP) is 0.311. The van der Waals surface area contributed by atoms with Crippen molar-refractivity contribution in [1.82, 2.24) is 16.2 Å². The van der Waals surface area contributed by atoms with E-state index in [0.717, 1.165) is 4.90 Å². The zero-order valence-corrected chi connectivity index (χ0v) is 11.3. The first-order valence-electron chi connectivity index (χ1n) is 5.83. The van der Waals surface area contributed by atoms with Gasteiger partial charge < -0.3 is 11.1 Å². The van der Waals surface area contributed by atoms with Gasteiger partial charge in [0.15, 0.2) is 0 Å². The summed E-state index contributed by atoms with van der Waals surface area (Å²) in [6.07, 6.45) is -0.281. The largest absolute Gasteiger partial charge is 0.348 e. The monoisotopic (exact) mass is 266 g/mol. The fourth-order valence-corrected chi connectivity index (χ4v) is 2.91. The Hall–Kier alpha value is -1.08. The molecule has 1 aliphatic rings. The van der Waals surface area contributed by atoms with E-state index in [4.69, 9.17) is 5.73 Å². The zero-order valence-electron chi connectivity index (χ0n) is 10.4. The first-order valence-corrected chi connectivity index (χ1v) is 6.71. The van der Waals surface area contributed by atoms with Crippen LogP contribution >= 0.6 is 11.8 Å². The van der Waals surface area contributed by atoms with Crippen LogP contribution in [0.15, 0.2) is 29.2 Å². The molecule has 3 atom stereocenters. The SMILES string of the molecule is CC(=O)NC1C(N)NNC1Sc1ccc(C)cc1. The van der Waals surface area contributed by atoms with Crippen LogP contribution in [0.2, 0.25) is 0 Å². The van der Waals surface area contributed by atoms with Gasteiger partial charge in [-0.05, 0) is 19.1 Å². The van der Waals surface area contributed by atoms with Gasteiger partial charge in [0.1, 0.15) is 0 Å². The molecule has 0 radical (unpaired) electrons. The van der Waals surface area contributed by atoms with E-state index in [0.29, 0.717) is 0 Å². The van der Waals surface area contributed by atoms with Gasteiger partial charge in [0.05, 0.1) is 17.6 Å². The lowest BCUT2D eigenvalue weighted by Gasteiger charge is -2.21. The van der Waals surface area contributed by atoms with E-state index in [1.807, 2.05) is 0 Å². The van der Waals surface area contributed by atoms with Crippen molar-refractivity contribution in [2.75, 3.05) is 0 Å².